The maximum absolute atomic E-state index is 13.5. The van der Waals surface area contributed by atoms with Gasteiger partial charge in [-0.25, -0.2) is 14.7 Å². The Labute approximate surface area is 235 Å². The van der Waals surface area contributed by atoms with Gasteiger partial charge in [-0.1, -0.05) is 26.0 Å². The van der Waals surface area contributed by atoms with Gasteiger partial charge in [-0.15, -0.1) is 0 Å². The number of amides is 2. The molecule has 0 saturated heterocycles. The van der Waals surface area contributed by atoms with Crippen LogP contribution in [0.3, 0.4) is 0 Å². The van der Waals surface area contributed by atoms with Crippen molar-refractivity contribution in [3.63, 3.8) is 0 Å². The van der Waals surface area contributed by atoms with Gasteiger partial charge in [0.05, 0.1) is 24.1 Å². The zero-order valence-electron chi connectivity index (χ0n) is 22.5. The summed E-state index contributed by atoms with van der Waals surface area (Å²) in [6.07, 6.45) is 5.80. The van der Waals surface area contributed by atoms with Gasteiger partial charge in [0.2, 0.25) is 0 Å². The number of fused-ring (bicyclic) bond motifs is 1. The Hall–Kier alpha value is -4.41. The molecule has 204 valence electrons. The van der Waals surface area contributed by atoms with Gasteiger partial charge in [-0.2, -0.15) is 16.4 Å². The van der Waals surface area contributed by atoms with E-state index in [9.17, 15) is 14.7 Å². The Morgan fingerprint density at radius 1 is 1.18 bits per heavy atom. The standard InChI is InChI=1S/C30H30N6O3S/c1-19(2)12-23(17-37)33-30(39)27-26(22-9-11-40-18-22)34-28-25(8-5-10-35(27)28)29(38)31-14-21-15-32-36(16-21)24-7-4-6-20(3)13-24/h4-11,13,15-16,18-19,37H,12,14,17H2,1-3H3,(H,31,38). The number of pyridine rings is 1. The number of carbonyl (C=O) groups excluding carboxylic acids is 2. The van der Waals surface area contributed by atoms with E-state index in [0.29, 0.717) is 29.0 Å². The lowest BCUT2D eigenvalue weighted by Crippen LogP contribution is -2.23. The summed E-state index contributed by atoms with van der Waals surface area (Å²) in [4.78, 5) is 35.8. The number of benzene rings is 1. The van der Waals surface area contributed by atoms with Gasteiger partial charge in [0.1, 0.15) is 11.4 Å². The Morgan fingerprint density at radius 2 is 2.02 bits per heavy atom. The number of imidazole rings is 1. The Bertz CT molecular complexity index is 1700. The van der Waals surface area contributed by atoms with Crippen molar-refractivity contribution in [2.45, 2.75) is 33.7 Å². The highest BCUT2D eigenvalue weighted by molar-refractivity contribution is 7.08. The summed E-state index contributed by atoms with van der Waals surface area (Å²) < 4.78 is 3.38. The third-order valence-corrected chi connectivity index (χ3v) is 7.02. The van der Waals surface area contributed by atoms with Gasteiger partial charge in [0.15, 0.2) is 5.65 Å². The molecule has 0 radical (unpaired) electrons. The van der Waals surface area contributed by atoms with Gasteiger partial charge in [0.25, 0.3) is 11.8 Å². The summed E-state index contributed by atoms with van der Waals surface area (Å²) in [5, 5.41) is 20.9. The number of rotatable bonds is 9. The summed E-state index contributed by atoms with van der Waals surface area (Å²) in [5.74, 6) is -0.606. The molecule has 0 aliphatic carbocycles. The smallest absolute Gasteiger partial charge is 0.296 e. The molecule has 1 aromatic carbocycles. The second-order valence-corrected chi connectivity index (χ2v) is 10.8. The van der Waals surface area contributed by atoms with Crippen molar-refractivity contribution in [2.75, 3.05) is 6.61 Å². The number of aliphatic hydroxyl groups is 1. The monoisotopic (exact) mass is 554 g/mol. The average Bonchev–Trinajstić information content (AvgIpc) is 3.70. The second kappa shape index (κ2) is 11.8. The Kier molecular flexibility index (Phi) is 7.99. The summed E-state index contributed by atoms with van der Waals surface area (Å²) >= 11 is 1.49. The molecule has 0 spiro atoms. The van der Waals surface area contributed by atoms with Crippen molar-refractivity contribution in [2.24, 2.45) is 10.9 Å². The summed E-state index contributed by atoms with van der Waals surface area (Å²) in [6, 6.07) is 13.3. The van der Waals surface area contributed by atoms with Crippen LogP contribution in [-0.2, 0) is 6.54 Å². The number of hydrogen-bond donors (Lipinski definition) is 2. The van der Waals surface area contributed by atoms with Crippen LogP contribution in [0, 0.1) is 12.8 Å². The number of carbonyl (C=O) groups is 2. The number of aliphatic hydroxyl groups excluding tert-OH is 1. The number of aryl methyl sites for hydroxylation is 1. The van der Waals surface area contributed by atoms with Crippen LogP contribution in [0.5, 0.6) is 0 Å². The van der Waals surface area contributed by atoms with Gasteiger partial charge in [-0.05, 0) is 60.5 Å². The first-order valence-corrected chi connectivity index (χ1v) is 13.9. The lowest BCUT2D eigenvalue weighted by molar-refractivity contribution is 0.0949. The van der Waals surface area contributed by atoms with E-state index in [2.05, 4.69) is 15.4 Å². The van der Waals surface area contributed by atoms with Crippen LogP contribution in [0.4, 0.5) is 0 Å². The predicted molar refractivity (Wildman–Crippen MR) is 156 cm³/mol. The number of hydrogen-bond acceptors (Lipinski definition) is 6. The van der Waals surface area contributed by atoms with Crippen LogP contribution in [0.2, 0.25) is 0 Å². The Morgan fingerprint density at radius 3 is 2.75 bits per heavy atom. The second-order valence-electron chi connectivity index (χ2n) is 9.99. The highest BCUT2D eigenvalue weighted by Gasteiger charge is 2.24. The highest BCUT2D eigenvalue weighted by atomic mass is 32.1. The van der Waals surface area contributed by atoms with Gasteiger partial charge in [-0.3, -0.25) is 14.0 Å². The first-order chi connectivity index (χ1) is 19.3. The number of aromatic nitrogens is 4. The molecule has 40 heavy (non-hydrogen) atoms. The van der Waals surface area contributed by atoms with E-state index in [1.807, 2.05) is 68.1 Å². The zero-order valence-corrected chi connectivity index (χ0v) is 23.4. The molecule has 2 amide bonds. The number of aliphatic imine (C=N–C) groups is 1. The normalized spacial score (nSPS) is 11.9. The lowest BCUT2D eigenvalue weighted by atomic mass is 10.1. The van der Waals surface area contributed by atoms with E-state index < -0.39 is 5.91 Å². The molecule has 5 rings (SSSR count). The lowest BCUT2D eigenvalue weighted by Gasteiger charge is -2.07. The third-order valence-electron chi connectivity index (χ3n) is 6.33. The van der Waals surface area contributed by atoms with Crippen molar-refractivity contribution in [1.29, 1.82) is 0 Å². The molecule has 2 N–H and O–H groups in total. The fraction of sp³-hybridized carbons (Fsp3) is 0.233. The van der Waals surface area contributed by atoms with Crippen LogP contribution >= 0.6 is 11.3 Å². The average molecular weight is 555 g/mol. The van der Waals surface area contributed by atoms with Crippen LogP contribution in [-0.4, -0.2) is 48.4 Å². The molecular formula is C30H30N6O3S. The molecule has 4 aromatic heterocycles. The first kappa shape index (κ1) is 27.2. The molecule has 0 fully saturated rings. The summed E-state index contributed by atoms with van der Waals surface area (Å²) in [5.41, 5.74) is 5.46. The minimum absolute atomic E-state index is 0.233. The number of nitrogens with one attached hydrogen (secondary N) is 1. The molecule has 4 heterocycles. The topological polar surface area (TPSA) is 114 Å². The SMILES string of the molecule is Cc1cccc(-n2cc(CNC(=O)c3cccn4c(C(=O)N=C(CO)CC(C)C)c(-c5ccsc5)nc34)cn2)c1. The zero-order chi connectivity index (χ0) is 28.2. The minimum Gasteiger partial charge on any atom is -0.390 e. The molecular weight excluding hydrogens is 524 g/mol. The van der Waals surface area contributed by atoms with E-state index in [0.717, 1.165) is 22.4 Å². The molecule has 0 bridgehead atoms. The predicted octanol–water partition coefficient (Wildman–Crippen LogP) is 5.11. The molecule has 0 unspecified atom stereocenters. The molecule has 5 aromatic rings. The van der Waals surface area contributed by atoms with Gasteiger partial charge < -0.3 is 10.4 Å². The molecule has 0 aliphatic heterocycles. The number of thiophene rings is 1. The van der Waals surface area contributed by atoms with Crippen LogP contribution < -0.4 is 5.32 Å². The van der Waals surface area contributed by atoms with Crippen molar-refractivity contribution >= 4 is 34.5 Å². The van der Waals surface area contributed by atoms with E-state index >= 15 is 0 Å². The van der Waals surface area contributed by atoms with Gasteiger partial charge >= 0.3 is 0 Å². The fourth-order valence-electron chi connectivity index (χ4n) is 4.50. The molecule has 0 aliphatic rings. The summed E-state index contributed by atoms with van der Waals surface area (Å²) in [6.45, 7) is 5.99. The van der Waals surface area contributed by atoms with Crippen LogP contribution in [0.15, 0.2) is 76.8 Å². The molecule has 0 atom stereocenters. The fourth-order valence-corrected chi connectivity index (χ4v) is 5.14. The quantitative estimate of drug-likeness (QED) is 0.246. The summed E-state index contributed by atoms with van der Waals surface area (Å²) in [7, 11) is 0. The highest BCUT2D eigenvalue weighted by Crippen LogP contribution is 2.28. The van der Waals surface area contributed by atoms with Crippen molar-refractivity contribution in [3.8, 4) is 16.9 Å². The van der Waals surface area contributed by atoms with Crippen molar-refractivity contribution < 1.29 is 14.7 Å². The van der Waals surface area contributed by atoms with Crippen LogP contribution in [0.1, 0.15) is 52.2 Å². The maximum Gasteiger partial charge on any atom is 0.296 e. The minimum atomic E-state index is -0.514. The Balaban J connectivity index is 1.45. The van der Waals surface area contributed by atoms with Crippen LogP contribution in [0.25, 0.3) is 22.6 Å². The number of nitrogens with zero attached hydrogens (tertiary/aromatic N) is 5. The van der Waals surface area contributed by atoms with Crippen molar-refractivity contribution in [3.05, 3.63) is 94.2 Å². The first-order valence-electron chi connectivity index (χ1n) is 13.0. The largest absolute Gasteiger partial charge is 0.390 e. The van der Waals surface area contributed by atoms with Crippen molar-refractivity contribution in [1.82, 2.24) is 24.5 Å². The molecule has 9 nitrogen and oxygen atoms in total. The van der Waals surface area contributed by atoms with E-state index in [-0.39, 0.29) is 30.7 Å². The third kappa shape index (κ3) is 5.78. The molecule has 10 heteroatoms. The van der Waals surface area contributed by atoms with E-state index in [4.69, 9.17) is 4.98 Å². The maximum atomic E-state index is 13.5. The molecule has 0 saturated carbocycles. The van der Waals surface area contributed by atoms with E-state index in [1.165, 1.54) is 11.3 Å². The van der Waals surface area contributed by atoms with E-state index in [1.54, 1.807) is 33.6 Å². The van der Waals surface area contributed by atoms with Gasteiger partial charge in [0, 0.05) is 41.2 Å².